The second kappa shape index (κ2) is 5.31. The van der Waals surface area contributed by atoms with Gasteiger partial charge in [-0.1, -0.05) is 0 Å². The van der Waals surface area contributed by atoms with Crippen LogP contribution in [0, 0.1) is 13.8 Å². The van der Waals surface area contributed by atoms with E-state index in [-0.39, 0.29) is 5.63 Å². The maximum Gasteiger partial charge on any atom is 0.339 e. The molecule has 0 N–H and O–H groups in total. The van der Waals surface area contributed by atoms with Crippen LogP contribution >= 0.6 is 27.3 Å². The normalized spacial score (nSPS) is 11.0. The van der Waals surface area contributed by atoms with Crippen molar-refractivity contribution < 1.29 is 9.15 Å². The molecule has 0 aliphatic rings. The molecule has 2 heterocycles. The summed E-state index contributed by atoms with van der Waals surface area (Å²) in [5.74, 6) is 0.719. The van der Waals surface area contributed by atoms with E-state index in [1.165, 1.54) is 0 Å². The number of methoxy groups -OCH3 is 1. The highest BCUT2D eigenvalue weighted by atomic mass is 79.9. The van der Waals surface area contributed by atoms with Crippen molar-refractivity contribution in [1.29, 1.82) is 0 Å². The molecular weight excluding hydrogens is 352 g/mol. The molecule has 0 amide bonds. The van der Waals surface area contributed by atoms with Gasteiger partial charge < -0.3 is 9.15 Å². The quantitative estimate of drug-likeness (QED) is 0.606. The van der Waals surface area contributed by atoms with Gasteiger partial charge in [-0.25, -0.2) is 4.79 Å². The molecule has 0 saturated carbocycles. The van der Waals surface area contributed by atoms with Crippen LogP contribution in [0.5, 0.6) is 5.75 Å². The highest BCUT2D eigenvalue weighted by molar-refractivity contribution is 9.10. The summed E-state index contributed by atoms with van der Waals surface area (Å²) in [6.07, 6.45) is 0. The summed E-state index contributed by atoms with van der Waals surface area (Å²) < 4.78 is 12.0. The number of aryl methyl sites for hydroxylation is 1. The maximum atomic E-state index is 11.9. The molecule has 1 aromatic carbocycles. The first kappa shape index (κ1) is 14.4. The first-order valence-corrected chi connectivity index (χ1v) is 8.05. The van der Waals surface area contributed by atoms with Crippen molar-refractivity contribution in [3.8, 4) is 16.2 Å². The van der Waals surface area contributed by atoms with Crippen molar-refractivity contribution in [1.82, 2.24) is 0 Å². The SMILES string of the molecule is COc1cc(-c2cc(Br)cs2)cc2oc(=O)c(C)c(C)c12. The molecule has 3 aromatic rings. The van der Waals surface area contributed by atoms with E-state index in [4.69, 9.17) is 9.15 Å². The molecule has 0 aliphatic carbocycles. The Morgan fingerprint density at radius 3 is 2.57 bits per heavy atom. The molecule has 3 rings (SSSR count). The fraction of sp³-hybridized carbons (Fsp3) is 0.188. The second-order valence-corrected chi connectivity index (χ2v) is 6.65. The van der Waals surface area contributed by atoms with Crippen molar-refractivity contribution in [3.05, 3.63) is 49.6 Å². The molecule has 108 valence electrons. The van der Waals surface area contributed by atoms with Gasteiger partial charge in [-0.05, 0) is 59.1 Å². The van der Waals surface area contributed by atoms with E-state index in [1.807, 2.05) is 30.5 Å². The summed E-state index contributed by atoms with van der Waals surface area (Å²) in [7, 11) is 1.63. The van der Waals surface area contributed by atoms with E-state index < -0.39 is 0 Å². The van der Waals surface area contributed by atoms with Crippen LogP contribution in [-0.2, 0) is 0 Å². The fourth-order valence-electron chi connectivity index (χ4n) is 2.32. The smallest absolute Gasteiger partial charge is 0.339 e. The minimum Gasteiger partial charge on any atom is -0.496 e. The molecule has 0 fully saturated rings. The number of benzene rings is 1. The van der Waals surface area contributed by atoms with Gasteiger partial charge in [-0.3, -0.25) is 0 Å². The van der Waals surface area contributed by atoms with Gasteiger partial charge in [0.25, 0.3) is 0 Å². The Balaban J connectivity index is 2.37. The Bertz CT molecular complexity index is 892. The number of rotatable bonds is 2. The Morgan fingerprint density at radius 2 is 1.95 bits per heavy atom. The van der Waals surface area contributed by atoms with Gasteiger partial charge in [0.15, 0.2) is 0 Å². The van der Waals surface area contributed by atoms with E-state index >= 15 is 0 Å². The third kappa shape index (κ3) is 2.40. The van der Waals surface area contributed by atoms with Crippen molar-refractivity contribution in [2.45, 2.75) is 13.8 Å². The van der Waals surface area contributed by atoms with E-state index in [1.54, 1.807) is 25.4 Å². The summed E-state index contributed by atoms with van der Waals surface area (Å²) in [5.41, 5.74) is 2.75. The van der Waals surface area contributed by atoms with Crippen molar-refractivity contribution in [2.75, 3.05) is 7.11 Å². The van der Waals surface area contributed by atoms with Crippen LogP contribution in [0.3, 0.4) is 0 Å². The number of thiophene rings is 1. The van der Waals surface area contributed by atoms with Crippen LogP contribution in [0.2, 0.25) is 0 Å². The van der Waals surface area contributed by atoms with Gasteiger partial charge in [0, 0.05) is 20.3 Å². The standard InChI is InChI=1S/C16H13BrO3S/c1-8-9(2)16(18)20-13-5-10(4-12(19-3)15(8)13)14-6-11(17)7-21-14/h4-7H,1-3H3. The Labute approximate surface area is 134 Å². The van der Waals surface area contributed by atoms with Gasteiger partial charge in [0.1, 0.15) is 11.3 Å². The zero-order valence-corrected chi connectivity index (χ0v) is 14.2. The molecule has 3 nitrogen and oxygen atoms in total. The van der Waals surface area contributed by atoms with Crippen LogP contribution in [0.15, 0.2) is 37.3 Å². The highest BCUT2D eigenvalue weighted by Crippen LogP contribution is 2.37. The first-order valence-electron chi connectivity index (χ1n) is 6.37. The minimum atomic E-state index is -0.299. The lowest BCUT2D eigenvalue weighted by molar-refractivity contribution is 0.418. The molecule has 0 bridgehead atoms. The van der Waals surface area contributed by atoms with Gasteiger partial charge in [-0.2, -0.15) is 0 Å². The number of halogens is 1. The monoisotopic (exact) mass is 364 g/mol. The van der Waals surface area contributed by atoms with Crippen LogP contribution < -0.4 is 10.4 Å². The lowest BCUT2D eigenvalue weighted by Crippen LogP contribution is -2.06. The molecule has 2 aromatic heterocycles. The molecule has 0 atom stereocenters. The minimum absolute atomic E-state index is 0.299. The van der Waals surface area contributed by atoms with Crippen LogP contribution in [0.25, 0.3) is 21.4 Å². The number of hydrogen-bond acceptors (Lipinski definition) is 4. The molecule has 21 heavy (non-hydrogen) atoms. The Morgan fingerprint density at radius 1 is 1.19 bits per heavy atom. The topological polar surface area (TPSA) is 39.4 Å². The van der Waals surface area contributed by atoms with E-state index in [9.17, 15) is 4.79 Å². The maximum absolute atomic E-state index is 11.9. The van der Waals surface area contributed by atoms with Gasteiger partial charge in [0.2, 0.25) is 0 Å². The number of hydrogen-bond donors (Lipinski definition) is 0. The summed E-state index contributed by atoms with van der Waals surface area (Å²) >= 11 is 5.07. The molecule has 0 aliphatic heterocycles. The van der Waals surface area contributed by atoms with Crippen molar-refractivity contribution in [2.24, 2.45) is 0 Å². The van der Waals surface area contributed by atoms with Crippen molar-refractivity contribution in [3.63, 3.8) is 0 Å². The predicted octanol–water partition coefficient (Wildman–Crippen LogP) is 4.91. The summed E-state index contributed by atoms with van der Waals surface area (Å²) in [6.45, 7) is 3.68. The zero-order chi connectivity index (χ0) is 15.1. The van der Waals surface area contributed by atoms with Crippen LogP contribution in [0.1, 0.15) is 11.1 Å². The largest absolute Gasteiger partial charge is 0.496 e. The van der Waals surface area contributed by atoms with Crippen LogP contribution in [-0.4, -0.2) is 7.11 Å². The molecule has 0 saturated heterocycles. The highest BCUT2D eigenvalue weighted by Gasteiger charge is 2.15. The second-order valence-electron chi connectivity index (χ2n) is 4.82. The Hall–Kier alpha value is -1.59. The summed E-state index contributed by atoms with van der Waals surface area (Å²) in [4.78, 5) is 13.0. The lowest BCUT2D eigenvalue weighted by atomic mass is 10.0. The summed E-state index contributed by atoms with van der Waals surface area (Å²) in [6, 6.07) is 5.90. The molecular formula is C16H13BrO3S. The Kier molecular flexibility index (Phi) is 3.63. The molecule has 0 unspecified atom stereocenters. The predicted molar refractivity (Wildman–Crippen MR) is 89.5 cm³/mol. The third-order valence-electron chi connectivity index (χ3n) is 3.58. The third-order valence-corrected chi connectivity index (χ3v) is 5.32. The van der Waals surface area contributed by atoms with Gasteiger partial charge in [-0.15, -0.1) is 11.3 Å². The fourth-order valence-corrected chi connectivity index (χ4v) is 3.74. The van der Waals surface area contributed by atoms with E-state index in [0.29, 0.717) is 11.1 Å². The zero-order valence-electron chi connectivity index (χ0n) is 11.8. The average molecular weight is 365 g/mol. The molecule has 5 heteroatoms. The van der Waals surface area contributed by atoms with E-state index in [0.717, 1.165) is 31.6 Å². The van der Waals surface area contributed by atoms with Crippen molar-refractivity contribution >= 4 is 38.2 Å². The number of fused-ring (bicyclic) bond motifs is 1. The van der Waals surface area contributed by atoms with E-state index in [2.05, 4.69) is 15.9 Å². The lowest BCUT2D eigenvalue weighted by Gasteiger charge is -2.11. The summed E-state index contributed by atoms with van der Waals surface area (Å²) in [5, 5.41) is 2.87. The average Bonchev–Trinajstić information content (AvgIpc) is 2.90. The molecule has 0 spiro atoms. The molecule has 0 radical (unpaired) electrons. The number of ether oxygens (including phenoxy) is 1. The van der Waals surface area contributed by atoms with Crippen LogP contribution in [0.4, 0.5) is 0 Å². The van der Waals surface area contributed by atoms with Gasteiger partial charge in [0.05, 0.1) is 12.5 Å². The van der Waals surface area contributed by atoms with Gasteiger partial charge >= 0.3 is 5.63 Å². The first-order chi connectivity index (χ1) is 10.0.